The molecule has 2 heterocycles. The minimum atomic E-state index is -3.87. The summed E-state index contributed by atoms with van der Waals surface area (Å²) in [5.41, 5.74) is 0.781. The zero-order chi connectivity index (χ0) is 20.4. The van der Waals surface area contributed by atoms with Crippen molar-refractivity contribution >= 4 is 25.8 Å². The molecule has 1 aromatic carbocycles. The van der Waals surface area contributed by atoms with E-state index in [1.54, 1.807) is 12.1 Å². The van der Waals surface area contributed by atoms with Gasteiger partial charge in [0.05, 0.1) is 22.5 Å². The molecule has 1 aromatic rings. The Morgan fingerprint density at radius 1 is 1.25 bits per heavy atom. The summed E-state index contributed by atoms with van der Waals surface area (Å²) in [6, 6.07) is 5.73. The molecule has 0 aliphatic carbocycles. The Kier molecular flexibility index (Phi) is 6.43. The predicted octanol–water partition coefficient (Wildman–Crippen LogP) is 0.680. The standard InChI is InChI=1S/C18H26N2O6S2/c1-14(21)19-11-15-4-6-18(7-5-15)28(24,25)20(12-17-3-2-9-26-17)16-8-10-27(22,23)13-16/h4-7,16-17H,2-3,8-13H2,1H3,(H,19,21)/t16-,17+/m1/s1. The molecule has 2 fully saturated rings. The van der Waals surface area contributed by atoms with E-state index in [4.69, 9.17) is 4.74 Å². The second kappa shape index (κ2) is 8.48. The molecule has 156 valence electrons. The molecule has 0 saturated carbocycles. The van der Waals surface area contributed by atoms with Gasteiger partial charge in [-0.2, -0.15) is 4.31 Å². The van der Waals surface area contributed by atoms with Gasteiger partial charge in [-0.1, -0.05) is 12.1 Å². The first-order chi connectivity index (χ1) is 13.2. The molecular weight excluding hydrogens is 404 g/mol. The van der Waals surface area contributed by atoms with E-state index in [2.05, 4.69) is 5.32 Å². The van der Waals surface area contributed by atoms with Gasteiger partial charge in [0.15, 0.2) is 9.84 Å². The van der Waals surface area contributed by atoms with Crippen LogP contribution in [-0.2, 0) is 35.9 Å². The maximum Gasteiger partial charge on any atom is 0.243 e. The number of rotatable bonds is 7. The number of hydrogen-bond donors (Lipinski definition) is 1. The van der Waals surface area contributed by atoms with Gasteiger partial charge in [0.1, 0.15) is 0 Å². The van der Waals surface area contributed by atoms with Crippen molar-refractivity contribution in [3.8, 4) is 0 Å². The zero-order valence-electron chi connectivity index (χ0n) is 15.8. The van der Waals surface area contributed by atoms with Crippen LogP contribution in [0.1, 0.15) is 31.7 Å². The summed E-state index contributed by atoms with van der Waals surface area (Å²) in [5, 5.41) is 2.66. The van der Waals surface area contributed by atoms with Crippen molar-refractivity contribution in [2.45, 2.75) is 49.8 Å². The number of amides is 1. The van der Waals surface area contributed by atoms with Crippen molar-refractivity contribution in [3.63, 3.8) is 0 Å². The van der Waals surface area contributed by atoms with Gasteiger partial charge in [-0.25, -0.2) is 16.8 Å². The summed E-state index contributed by atoms with van der Waals surface area (Å²) < 4.78 is 57.4. The molecule has 1 amide bonds. The van der Waals surface area contributed by atoms with E-state index in [1.807, 2.05) is 0 Å². The van der Waals surface area contributed by atoms with Gasteiger partial charge in [-0.3, -0.25) is 4.79 Å². The predicted molar refractivity (Wildman–Crippen MR) is 104 cm³/mol. The molecule has 2 saturated heterocycles. The van der Waals surface area contributed by atoms with E-state index in [1.165, 1.54) is 23.4 Å². The first-order valence-electron chi connectivity index (χ1n) is 9.35. The smallest absolute Gasteiger partial charge is 0.243 e. The second-order valence-corrected chi connectivity index (χ2v) is 11.4. The van der Waals surface area contributed by atoms with Gasteiger partial charge >= 0.3 is 0 Å². The van der Waals surface area contributed by atoms with Crippen LogP contribution in [0.2, 0.25) is 0 Å². The van der Waals surface area contributed by atoms with Gasteiger partial charge in [0.2, 0.25) is 15.9 Å². The van der Waals surface area contributed by atoms with Crippen LogP contribution in [0.5, 0.6) is 0 Å². The van der Waals surface area contributed by atoms with E-state index < -0.39 is 25.9 Å². The zero-order valence-corrected chi connectivity index (χ0v) is 17.5. The maximum absolute atomic E-state index is 13.3. The molecule has 0 radical (unpaired) electrons. The average Bonchev–Trinajstić information content (AvgIpc) is 3.27. The number of nitrogens with one attached hydrogen (secondary N) is 1. The minimum absolute atomic E-state index is 0.00483. The summed E-state index contributed by atoms with van der Waals surface area (Å²) in [6.45, 7) is 2.49. The molecular formula is C18H26N2O6S2. The first kappa shape index (κ1) is 21.2. The number of carbonyl (C=O) groups excluding carboxylic acids is 1. The Labute approximate surface area is 166 Å². The van der Waals surface area contributed by atoms with E-state index >= 15 is 0 Å². The lowest BCUT2D eigenvalue weighted by Crippen LogP contribution is -2.45. The Bertz CT molecular complexity index is 906. The Hall–Kier alpha value is -1.49. The van der Waals surface area contributed by atoms with Crippen molar-refractivity contribution in [3.05, 3.63) is 29.8 Å². The Morgan fingerprint density at radius 3 is 2.50 bits per heavy atom. The van der Waals surface area contributed by atoms with Crippen LogP contribution < -0.4 is 5.32 Å². The van der Waals surface area contributed by atoms with E-state index in [0.717, 1.165) is 18.4 Å². The second-order valence-electron chi connectivity index (χ2n) is 7.32. The highest BCUT2D eigenvalue weighted by Crippen LogP contribution is 2.27. The van der Waals surface area contributed by atoms with Crippen molar-refractivity contribution in [1.82, 2.24) is 9.62 Å². The fraction of sp³-hybridized carbons (Fsp3) is 0.611. The Balaban J connectivity index is 1.83. The minimum Gasteiger partial charge on any atom is -0.377 e. The highest BCUT2D eigenvalue weighted by molar-refractivity contribution is 7.92. The molecule has 3 rings (SSSR count). The van der Waals surface area contributed by atoms with Crippen molar-refractivity contribution in [2.24, 2.45) is 0 Å². The molecule has 1 N–H and O–H groups in total. The van der Waals surface area contributed by atoms with Crippen LogP contribution in [0, 0.1) is 0 Å². The molecule has 2 atom stereocenters. The fourth-order valence-electron chi connectivity index (χ4n) is 3.58. The number of benzene rings is 1. The molecule has 28 heavy (non-hydrogen) atoms. The fourth-order valence-corrected chi connectivity index (χ4v) is 7.09. The van der Waals surface area contributed by atoms with Crippen molar-refractivity contribution in [1.29, 1.82) is 0 Å². The summed E-state index contributed by atoms with van der Waals surface area (Å²) in [7, 11) is -7.09. The van der Waals surface area contributed by atoms with E-state index in [-0.39, 0.29) is 35.0 Å². The lowest BCUT2D eigenvalue weighted by atomic mass is 10.2. The molecule has 2 aliphatic heterocycles. The van der Waals surface area contributed by atoms with Gasteiger partial charge in [-0.15, -0.1) is 0 Å². The summed E-state index contributed by atoms with van der Waals surface area (Å²) in [6.07, 6.45) is 1.73. The topological polar surface area (TPSA) is 110 Å². The van der Waals surface area contributed by atoms with E-state index in [9.17, 15) is 21.6 Å². The molecule has 8 nitrogen and oxygen atoms in total. The lowest BCUT2D eigenvalue weighted by molar-refractivity contribution is -0.119. The molecule has 0 bridgehead atoms. The van der Waals surface area contributed by atoms with Gasteiger partial charge in [0, 0.05) is 32.7 Å². The first-order valence-corrected chi connectivity index (χ1v) is 12.6. The number of ether oxygens (including phenoxy) is 1. The van der Waals surface area contributed by atoms with E-state index in [0.29, 0.717) is 19.6 Å². The van der Waals surface area contributed by atoms with Crippen LogP contribution in [0.3, 0.4) is 0 Å². The van der Waals surface area contributed by atoms with Crippen LogP contribution >= 0.6 is 0 Å². The number of sulfonamides is 1. The third-order valence-corrected chi connectivity index (χ3v) is 8.78. The number of sulfone groups is 1. The molecule has 0 aromatic heterocycles. The Morgan fingerprint density at radius 2 is 1.96 bits per heavy atom. The highest BCUT2D eigenvalue weighted by Gasteiger charge is 2.40. The third-order valence-electron chi connectivity index (χ3n) is 5.09. The molecule has 0 spiro atoms. The van der Waals surface area contributed by atoms with Crippen LogP contribution in [0.15, 0.2) is 29.2 Å². The average molecular weight is 431 g/mol. The van der Waals surface area contributed by atoms with Crippen molar-refractivity contribution in [2.75, 3.05) is 24.7 Å². The molecule has 0 unspecified atom stereocenters. The van der Waals surface area contributed by atoms with Gasteiger partial charge in [0.25, 0.3) is 0 Å². The van der Waals surface area contributed by atoms with Crippen LogP contribution in [0.4, 0.5) is 0 Å². The molecule has 2 aliphatic rings. The summed E-state index contributed by atoms with van der Waals surface area (Å²) in [5.74, 6) is -0.313. The van der Waals surface area contributed by atoms with Gasteiger partial charge < -0.3 is 10.1 Å². The maximum atomic E-state index is 13.3. The SMILES string of the molecule is CC(=O)NCc1ccc(S(=O)(=O)N(C[C@@H]2CCCO2)[C@@H]2CCS(=O)(=O)C2)cc1. The highest BCUT2D eigenvalue weighted by atomic mass is 32.2. The summed E-state index contributed by atoms with van der Waals surface area (Å²) >= 11 is 0. The molecule has 10 heteroatoms. The largest absolute Gasteiger partial charge is 0.377 e. The number of carbonyl (C=O) groups is 1. The lowest BCUT2D eigenvalue weighted by Gasteiger charge is -2.29. The number of hydrogen-bond acceptors (Lipinski definition) is 6. The quantitative estimate of drug-likeness (QED) is 0.681. The van der Waals surface area contributed by atoms with Gasteiger partial charge in [-0.05, 0) is 37.0 Å². The van der Waals surface area contributed by atoms with Crippen LogP contribution in [-0.4, -0.2) is 63.9 Å². The summed E-state index contributed by atoms with van der Waals surface area (Å²) in [4.78, 5) is 11.1. The number of nitrogens with zero attached hydrogens (tertiary/aromatic N) is 1. The normalized spacial score (nSPS) is 24.5. The monoisotopic (exact) mass is 430 g/mol. The van der Waals surface area contributed by atoms with Crippen LogP contribution in [0.25, 0.3) is 0 Å². The van der Waals surface area contributed by atoms with Crippen molar-refractivity contribution < 1.29 is 26.4 Å². The third kappa shape index (κ3) is 5.11.